The van der Waals surface area contributed by atoms with Crippen LogP contribution in [0.25, 0.3) is 11.4 Å². The smallest absolute Gasteiger partial charge is 0.358 e. The summed E-state index contributed by atoms with van der Waals surface area (Å²) in [4.78, 5) is 90.8. The molecule has 0 spiro atoms. The van der Waals surface area contributed by atoms with Gasteiger partial charge in [0.15, 0.2) is 47.4 Å². The Morgan fingerprint density at radius 1 is 0.466 bits per heavy atom. The number of methoxy groups -OCH3 is 2. The van der Waals surface area contributed by atoms with E-state index in [0.717, 1.165) is 39.2 Å². The Labute approximate surface area is 734 Å². The van der Waals surface area contributed by atoms with Crippen LogP contribution >= 0.6 is 133 Å². The SMILES string of the molecule is CC(C)n1c(Br)nc(C(=O)O)c1C(N)c1ccc(Cl)cc1.CC(C)n1c(Br)nc2c1C(c1ccc(Cl)cc1)NC2=O.CCOC(=O)c1nc(Br)n(C(C)C)c1C(Cl)c1ccc(Cl)cc1.CCOC(=O)c1nc(Br)n(C(C)C)c1C(N)c1ccc(Cl)cc1.COc1ncc(-c2nc3c(n2C(C)C)C(c2ccc(Cl)cc2)NC3=O)c(OC)n1. The monoisotopic (exact) mass is 1950 g/mol. The van der Waals surface area contributed by atoms with Crippen molar-refractivity contribution < 1.29 is 48.0 Å². The van der Waals surface area contributed by atoms with E-state index in [1.54, 1.807) is 85.3 Å². The highest BCUT2D eigenvalue weighted by Crippen LogP contribution is 2.42. The number of aromatic carboxylic acids is 1. The van der Waals surface area contributed by atoms with Gasteiger partial charge in [0.25, 0.3) is 11.8 Å². The number of carbonyl (C=O) groups is 5. The fraction of sp³-hybridized carbons (Fsp3) is 0.325. The van der Waals surface area contributed by atoms with Crippen LogP contribution in [0.3, 0.4) is 0 Å². The van der Waals surface area contributed by atoms with Crippen LogP contribution in [0.15, 0.2) is 146 Å². The summed E-state index contributed by atoms with van der Waals surface area (Å²) in [5.41, 5.74) is 22.3. The number of imidazole rings is 5. The topological polar surface area (TPSA) is 333 Å². The van der Waals surface area contributed by atoms with Gasteiger partial charge in [-0.1, -0.05) is 119 Å². The predicted octanol–water partition coefficient (Wildman–Crippen LogP) is 20.3. The summed E-state index contributed by atoms with van der Waals surface area (Å²) in [6, 6.07) is 35.3. The highest BCUT2D eigenvalue weighted by Gasteiger charge is 2.40. The number of alkyl halides is 1. The number of aromatic nitrogens is 12. The number of carbonyl (C=O) groups excluding carboxylic acids is 4. The fourth-order valence-electron chi connectivity index (χ4n) is 12.9. The van der Waals surface area contributed by atoms with Crippen molar-refractivity contribution in [1.29, 1.82) is 0 Å². The molecule has 0 bridgehead atoms. The molecule has 0 saturated carbocycles. The largest absolute Gasteiger partial charge is 0.480 e. The highest BCUT2D eigenvalue weighted by atomic mass is 79.9. The molecule has 0 aliphatic carbocycles. The number of nitrogens with zero attached hydrogens (tertiary/aromatic N) is 12. The standard InChI is InChI=1S/C20H20ClN5O3.C16H17BrCl2N2O2.C16H19BrClN3O2.C14H15BrClN3O2.C14H13BrClN3O/c1-10(2)26-16-14(11-5-7-12(21)8-6-11)24-18(27)15(16)23-17(26)13-9-22-20(29-4)25-19(13)28-3;2*1-4-23-15(22)13-14(21(9(2)3)16(17)20-13)12(19)10-5-7-11(18)8-6-10;1-7(2)19-12(11(13(20)21)18-14(19)15)10(17)8-3-5-9(16)6-4-8;1-7(2)19-12-10(8-3-5-9(16)6-4-8)17-13(20)11(12)18-14(19)15/h5-10,14H,1-4H3,(H,24,27);5-9,12H,4H2,1-3H3;5-9,12H,4,19H2,1-3H3;3-7,10H,17H2,1-2H3,(H,20,21);3-7,10H,1-2H3,(H,17,20). The fourth-order valence-corrected chi connectivity index (χ4v) is 17.0. The second kappa shape index (κ2) is 40.5. The van der Waals surface area contributed by atoms with Gasteiger partial charge in [-0.05, 0) is 235 Å². The Balaban J connectivity index is 0.000000167. The molecule has 0 radical (unpaired) electrons. The van der Waals surface area contributed by atoms with Crippen molar-refractivity contribution in [3.05, 3.63) is 256 Å². The molecular weight excluding hydrogens is 1880 g/mol. The number of ether oxygens (including phenoxy) is 4. The van der Waals surface area contributed by atoms with Crippen LogP contribution in [0.1, 0.15) is 252 Å². The number of nitrogens with two attached hydrogens (primary N) is 2. The summed E-state index contributed by atoms with van der Waals surface area (Å²) in [7, 11) is 3.00. The van der Waals surface area contributed by atoms with Gasteiger partial charge in [0.05, 0.1) is 85.6 Å². The number of hydrogen-bond donors (Lipinski definition) is 5. The number of rotatable bonds is 21. The van der Waals surface area contributed by atoms with Crippen LogP contribution in [0, 0.1) is 0 Å². The Hall–Kier alpha value is -8.24. The van der Waals surface area contributed by atoms with E-state index in [1.807, 2.05) is 134 Å². The molecule has 2 amide bonds. The summed E-state index contributed by atoms with van der Waals surface area (Å²) in [6.45, 7) is 24.1. The van der Waals surface area contributed by atoms with E-state index in [9.17, 15) is 29.1 Å². The zero-order valence-electron chi connectivity index (χ0n) is 65.2. The van der Waals surface area contributed by atoms with E-state index in [1.165, 1.54) is 14.2 Å². The number of carboxylic acid groups (broad SMARTS) is 1. The molecular formula is C80H84Br4Cl6N16O10. The van der Waals surface area contributed by atoms with Gasteiger partial charge in [0.1, 0.15) is 11.2 Å². The van der Waals surface area contributed by atoms with Crippen LogP contribution in [-0.2, 0) is 9.47 Å². The molecule has 2 aliphatic rings. The Morgan fingerprint density at radius 3 is 1.17 bits per heavy atom. The van der Waals surface area contributed by atoms with Gasteiger partial charge in [-0.3, -0.25) is 9.59 Å². The number of nitrogens with one attached hydrogen (secondary N) is 2. The van der Waals surface area contributed by atoms with Gasteiger partial charge in [-0.2, -0.15) is 4.98 Å². The lowest BCUT2D eigenvalue weighted by atomic mass is 10.0. The maximum absolute atomic E-state index is 12.7. The Kier molecular flexibility index (Phi) is 32.0. The van der Waals surface area contributed by atoms with Crippen molar-refractivity contribution in [1.82, 2.24) is 68.4 Å². The maximum Gasteiger partial charge on any atom is 0.358 e. The van der Waals surface area contributed by atoms with Crippen LogP contribution in [0.4, 0.5) is 0 Å². The number of hydrogen-bond acceptors (Lipinski definition) is 18. The van der Waals surface area contributed by atoms with Crippen molar-refractivity contribution >= 4 is 163 Å². The minimum Gasteiger partial charge on any atom is -0.480 e. The van der Waals surface area contributed by atoms with Gasteiger partial charge in [0.2, 0.25) is 5.88 Å². The predicted molar refractivity (Wildman–Crippen MR) is 462 cm³/mol. The number of fused-ring (bicyclic) bond motifs is 2. The third kappa shape index (κ3) is 20.7. The van der Waals surface area contributed by atoms with E-state index < -0.39 is 35.4 Å². The molecule has 5 aromatic carbocycles. The lowest BCUT2D eigenvalue weighted by molar-refractivity contribution is 0.0508. The molecule has 5 atom stereocenters. The molecule has 36 heteroatoms. The summed E-state index contributed by atoms with van der Waals surface area (Å²) in [5, 5.41) is 18.0. The maximum atomic E-state index is 12.7. The molecule has 2 aliphatic heterocycles. The van der Waals surface area contributed by atoms with Gasteiger partial charge < -0.3 is 69.0 Å². The lowest BCUT2D eigenvalue weighted by Gasteiger charge is -2.20. The van der Waals surface area contributed by atoms with Crippen LogP contribution in [0.2, 0.25) is 25.1 Å². The third-order valence-corrected chi connectivity index (χ3v) is 22.0. The summed E-state index contributed by atoms with van der Waals surface area (Å²) in [5.74, 6) is -1.54. The Bertz CT molecular complexity index is 5210. The van der Waals surface area contributed by atoms with Crippen molar-refractivity contribution in [2.24, 2.45) is 11.5 Å². The molecule has 8 heterocycles. The van der Waals surface area contributed by atoms with Gasteiger partial charge in [0, 0.05) is 61.5 Å². The minimum atomic E-state index is -1.10. The molecule has 0 saturated heterocycles. The van der Waals surface area contributed by atoms with Crippen molar-refractivity contribution in [3.63, 3.8) is 0 Å². The number of carboxylic acids is 1. The molecule has 13 rings (SSSR count). The zero-order valence-corrected chi connectivity index (χ0v) is 76.1. The summed E-state index contributed by atoms with van der Waals surface area (Å²) < 4.78 is 32.6. The first-order chi connectivity index (χ1) is 55.0. The molecule has 7 N–H and O–H groups in total. The zero-order chi connectivity index (χ0) is 85.2. The number of amides is 2. The second-order valence-corrected chi connectivity index (χ2v) is 32.8. The normalized spacial score (nSPS) is 14.1. The quantitative estimate of drug-likeness (QED) is 0.0329. The second-order valence-electron chi connectivity index (χ2n) is 27.4. The van der Waals surface area contributed by atoms with Crippen molar-refractivity contribution in [3.8, 4) is 23.3 Å². The van der Waals surface area contributed by atoms with Gasteiger partial charge in [-0.25, -0.2) is 44.3 Å². The highest BCUT2D eigenvalue weighted by molar-refractivity contribution is 9.11. The molecule has 11 aromatic rings. The van der Waals surface area contributed by atoms with Gasteiger partial charge in [-0.15, -0.1) is 11.6 Å². The van der Waals surface area contributed by atoms with Gasteiger partial charge >= 0.3 is 23.9 Å². The molecule has 5 unspecified atom stereocenters. The molecule has 116 heavy (non-hydrogen) atoms. The first-order valence-electron chi connectivity index (χ1n) is 36.3. The first kappa shape index (κ1) is 91.7. The van der Waals surface area contributed by atoms with Crippen LogP contribution in [0.5, 0.6) is 11.9 Å². The average molecular weight is 1960 g/mol. The minimum absolute atomic E-state index is 0.0216. The van der Waals surface area contributed by atoms with E-state index in [2.05, 4.69) is 123 Å². The molecule has 26 nitrogen and oxygen atoms in total. The summed E-state index contributed by atoms with van der Waals surface area (Å²) >= 11 is 49.9. The van der Waals surface area contributed by atoms with Crippen LogP contribution in [-0.4, -0.2) is 120 Å². The van der Waals surface area contributed by atoms with E-state index >= 15 is 0 Å². The van der Waals surface area contributed by atoms with Crippen molar-refractivity contribution in [2.45, 2.75) is 143 Å². The van der Waals surface area contributed by atoms with Crippen molar-refractivity contribution in [2.75, 3.05) is 27.4 Å². The lowest BCUT2D eigenvalue weighted by Crippen LogP contribution is -2.23. The Morgan fingerprint density at radius 2 is 0.802 bits per heavy atom. The van der Waals surface area contributed by atoms with E-state index in [0.29, 0.717) is 89.8 Å². The summed E-state index contributed by atoms with van der Waals surface area (Å²) in [6.07, 6.45) is 1.59. The number of halogens is 10. The van der Waals surface area contributed by atoms with E-state index in [-0.39, 0.29) is 90.4 Å². The van der Waals surface area contributed by atoms with E-state index in [4.69, 9.17) is 100 Å². The average Bonchev–Trinajstić information content (AvgIpc) is 1.59. The third-order valence-electron chi connectivity index (χ3n) is 18.0. The number of esters is 2. The first-order valence-corrected chi connectivity index (χ1v) is 41.8. The molecule has 0 fully saturated rings. The molecule has 6 aromatic heterocycles. The van der Waals surface area contributed by atoms with Crippen LogP contribution < -0.4 is 31.6 Å². The number of benzene rings is 5. The molecule has 614 valence electrons.